The van der Waals surface area contributed by atoms with Gasteiger partial charge >= 0.3 is 0 Å². The van der Waals surface area contributed by atoms with Crippen LogP contribution in [0.5, 0.6) is 0 Å². The Kier molecular flexibility index (Phi) is 6.04. The molecule has 3 heterocycles. The van der Waals surface area contributed by atoms with Gasteiger partial charge in [0, 0.05) is 36.5 Å². The molecule has 1 amide bonds. The second-order valence-corrected chi connectivity index (χ2v) is 9.48. The smallest absolute Gasteiger partial charge is 0.259 e. The number of carbonyl (C=O) groups is 1. The van der Waals surface area contributed by atoms with Crippen LogP contribution in [-0.2, 0) is 30.6 Å². The van der Waals surface area contributed by atoms with Crippen LogP contribution < -0.4 is 10.9 Å². The molecule has 0 spiro atoms. The molecule has 0 saturated carbocycles. The van der Waals surface area contributed by atoms with Crippen LogP contribution in [0.3, 0.4) is 0 Å². The van der Waals surface area contributed by atoms with Crippen molar-refractivity contribution in [3.05, 3.63) is 44.1 Å². The Balaban J connectivity index is 1.30. The van der Waals surface area contributed by atoms with Gasteiger partial charge in [-0.05, 0) is 57.1 Å². The summed E-state index contributed by atoms with van der Waals surface area (Å²) in [6.07, 6.45) is 4.70. The van der Waals surface area contributed by atoms with Gasteiger partial charge in [-0.3, -0.25) is 14.3 Å². The Morgan fingerprint density at radius 1 is 1.40 bits per heavy atom. The predicted molar refractivity (Wildman–Crippen MR) is 119 cm³/mol. The van der Waals surface area contributed by atoms with E-state index in [9.17, 15) is 9.59 Å². The van der Waals surface area contributed by atoms with Gasteiger partial charge < -0.3 is 10.3 Å². The van der Waals surface area contributed by atoms with Gasteiger partial charge in [-0.25, -0.2) is 4.98 Å². The predicted octanol–water partition coefficient (Wildman–Crippen LogP) is 3.06. The average Bonchev–Trinajstić information content (AvgIpc) is 3.21. The van der Waals surface area contributed by atoms with E-state index in [1.54, 1.807) is 11.3 Å². The lowest BCUT2D eigenvalue weighted by molar-refractivity contribution is -0.121. The molecule has 0 saturated heterocycles. The van der Waals surface area contributed by atoms with E-state index in [-0.39, 0.29) is 11.5 Å². The van der Waals surface area contributed by atoms with E-state index >= 15 is 0 Å². The topological polar surface area (TPSA) is 92.7 Å². The summed E-state index contributed by atoms with van der Waals surface area (Å²) in [5.41, 5.74) is 3.27. The van der Waals surface area contributed by atoms with Gasteiger partial charge in [-0.1, -0.05) is 6.92 Å². The molecule has 1 unspecified atom stereocenters. The standard InChI is InChI=1S/C22H29N5O2S/c1-13-5-6-16-17(11-13)30-22-20(16)21(29)24-18(25-22)7-8-19(28)23-9-4-10-27-15(3)12-14(2)26-27/h12-13H,4-11H2,1-3H3,(H,23,28)(H,24,25,29). The Hall–Kier alpha value is -2.48. The SMILES string of the molecule is Cc1cc(C)n(CCCNC(=O)CCc2nc3sc4c(c3c(=O)[nH]2)CCC(C)C4)n1. The van der Waals surface area contributed by atoms with Crippen molar-refractivity contribution in [1.29, 1.82) is 0 Å². The summed E-state index contributed by atoms with van der Waals surface area (Å²) in [7, 11) is 0. The highest BCUT2D eigenvalue weighted by molar-refractivity contribution is 7.18. The first kappa shape index (κ1) is 20.8. The second kappa shape index (κ2) is 8.71. The van der Waals surface area contributed by atoms with Crippen LogP contribution in [0.15, 0.2) is 10.9 Å². The maximum atomic E-state index is 12.6. The summed E-state index contributed by atoms with van der Waals surface area (Å²) < 4.78 is 1.97. The molecule has 4 rings (SSSR count). The Bertz CT molecular complexity index is 1130. The number of H-pyrrole nitrogens is 1. The molecule has 0 aliphatic heterocycles. The highest BCUT2D eigenvalue weighted by Crippen LogP contribution is 2.35. The third kappa shape index (κ3) is 4.48. The van der Waals surface area contributed by atoms with Gasteiger partial charge in [0.15, 0.2) is 0 Å². The number of carbonyl (C=O) groups excluding carboxylic acids is 1. The molecule has 160 valence electrons. The lowest BCUT2D eigenvalue weighted by atomic mass is 9.89. The molecule has 8 heteroatoms. The van der Waals surface area contributed by atoms with E-state index in [0.717, 1.165) is 53.8 Å². The van der Waals surface area contributed by atoms with Crippen molar-refractivity contribution in [2.75, 3.05) is 6.54 Å². The molecule has 0 aromatic carbocycles. The van der Waals surface area contributed by atoms with Crippen LogP contribution in [0.1, 0.15) is 53.8 Å². The maximum Gasteiger partial charge on any atom is 0.259 e. The fourth-order valence-electron chi connectivity index (χ4n) is 4.19. The highest BCUT2D eigenvalue weighted by Gasteiger charge is 2.23. The lowest BCUT2D eigenvalue weighted by Crippen LogP contribution is -2.26. The van der Waals surface area contributed by atoms with Gasteiger partial charge in [0.05, 0.1) is 11.1 Å². The van der Waals surface area contributed by atoms with E-state index in [2.05, 4.69) is 27.3 Å². The maximum absolute atomic E-state index is 12.6. The fraction of sp³-hybridized carbons (Fsp3) is 0.545. The number of aryl methyl sites for hydroxylation is 5. The van der Waals surface area contributed by atoms with E-state index in [1.807, 2.05) is 24.6 Å². The zero-order valence-electron chi connectivity index (χ0n) is 17.9. The Morgan fingerprint density at radius 2 is 2.23 bits per heavy atom. The minimum absolute atomic E-state index is 0.0228. The van der Waals surface area contributed by atoms with Crippen molar-refractivity contribution in [2.45, 2.75) is 65.8 Å². The molecule has 7 nitrogen and oxygen atoms in total. The molecule has 0 fully saturated rings. The van der Waals surface area contributed by atoms with Crippen LogP contribution >= 0.6 is 11.3 Å². The van der Waals surface area contributed by atoms with E-state index in [0.29, 0.717) is 31.1 Å². The van der Waals surface area contributed by atoms with Crippen LogP contribution in [0.4, 0.5) is 0 Å². The first-order chi connectivity index (χ1) is 14.4. The van der Waals surface area contributed by atoms with Crippen molar-refractivity contribution >= 4 is 27.5 Å². The summed E-state index contributed by atoms with van der Waals surface area (Å²) in [5, 5.41) is 8.14. The Morgan fingerprint density at radius 3 is 3.00 bits per heavy atom. The summed E-state index contributed by atoms with van der Waals surface area (Å²) in [6.45, 7) is 7.66. The van der Waals surface area contributed by atoms with E-state index in [1.165, 1.54) is 10.4 Å². The Labute approximate surface area is 179 Å². The number of nitrogens with zero attached hydrogens (tertiary/aromatic N) is 3. The molecule has 30 heavy (non-hydrogen) atoms. The quantitative estimate of drug-likeness (QED) is 0.567. The van der Waals surface area contributed by atoms with Crippen LogP contribution in [-0.4, -0.2) is 32.2 Å². The molecule has 3 aromatic heterocycles. The van der Waals surface area contributed by atoms with Crippen LogP contribution in [0.2, 0.25) is 0 Å². The molecule has 2 N–H and O–H groups in total. The van der Waals surface area contributed by atoms with Crippen molar-refractivity contribution in [3.8, 4) is 0 Å². The molecule has 0 bridgehead atoms. The summed E-state index contributed by atoms with van der Waals surface area (Å²) >= 11 is 1.64. The third-order valence-electron chi connectivity index (χ3n) is 5.78. The number of nitrogens with one attached hydrogen (secondary N) is 2. The number of hydrogen-bond donors (Lipinski definition) is 2. The number of aromatic amines is 1. The van der Waals surface area contributed by atoms with Crippen molar-refractivity contribution in [2.24, 2.45) is 5.92 Å². The second-order valence-electron chi connectivity index (χ2n) is 8.40. The lowest BCUT2D eigenvalue weighted by Gasteiger charge is -2.17. The number of amides is 1. The summed E-state index contributed by atoms with van der Waals surface area (Å²) in [5.74, 6) is 1.23. The number of rotatable bonds is 7. The van der Waals surface area contributed by atoms with Crippen LogP contribution in [0.25, 0.3) is 10.2 Å². The first-order valence-corrected chi connectivity index (χ1v) is 11.5. The van der Waals surface area contributed by atoms with Gasteiger partial charge in [0.1, 0.15) is 10.7 Å². The number of aromatic nitrogens is 4. The largest absolute Gasteiger partial charge is 0.356 e. The molecular formula is C22H29N5O2S. The molecule has 1 aliphatic carbocycles. The molecular weight excluding hydrogens is 398 g/mol. The van der Waals surface area contributed by atoms with E-state index < -0.39 is 0 Å². The molecule has 1 aliphatic rings. The first-order valence-electron chi connectivity index (χ1n) is 10.7. The molecule has 0 radical (unpaired) electrons. The normalized spacial score (nSPS) is 16.0. The van der Waals surface area contributed by atoms with Crippen molar-refractivity contribution in [1.82, 2.24) is 25.1 Å². The molecule has 1 atom stereocenters. The van der Waals surface area contributed by atoms with Gasteiger partial charge in [-0.15, -0.1) is 11.3 Å². The van der Waals surface area contributed by atoms with Gasteiger partial charge in [0.25, 0.3) is 5.56 Å². The van der Waals surface area contributed by atoms with Gasteiger partial charge in [-0.2, -0.15) is 5.10 Å². The fourth-order valence-corrected chi connectivity index (χ4v) is 5.59. The summed E-state index contributed by atoms with van der Waals surface area (Å²) in [6, 6.07) is 2.05. The monoisotopic (exact) mass is 427 g/mol. The third-order valence-corrected chi connectivity index (χ3v) is 6.92. The van der Waals surface area contributed by atoms with Crippen molar-refractivity contribution < 1.29 is 4.79 Å². The number of fused-ring (bicyclic) bond motifs is 3. The van der Waals surface area contributed by atoms with E-state index in [4.69, 9.17) is 0 Å². The van der Waals surface area contributed by atoms with Crippen molar-refractivity contribution in [3.63, 3.8) is 0 Å². The summed E-state index contributed by atoms with van der Waals surface area (Å²) in [4.78, 5) is 34.5. The average molecular weight is 428 g/mol. The minimum atomic E-state index is -0.0626. The van der Waals surface area contributed by atoms with Gasteiger partial charge in [0.2, 0.25) is 5.91 Å². The van der Waals surface area contributed by atoms with Crippen LogP contribution in [0, 0.1) is 19.8 Å². The zero-order valence-corrected chi connectivity index (χ0v) is 18.7. The molecule has 3 aromatic rings. The zero-order chi connectivity index (χ0) is 21.3. The number of thiophene rings is 1. The highest BCUT2D eigenvalue weighted by atomic mass is 32.1. The number of hydrogen-bond acceptors (Lipinski definition) is 5. The minimum Gasteiger partial charge on any atom is -0.356 e.